The Morgan fingerprint density at radius 3 is 2.72 bits per heavy atom. The Morgan fingerprint density at radius 2 is 2.08 bits per heavy atom. The van der Waals surface area contributed by atoms with Crippen LogP contribution >= 0.6 is 0 Å². The third-order valence-electron chi connectivity index (χ3n) is 5.23. The van der Waals surface area contributed by atoms with Crippen molar-refractivity contribution in [2.45, 2.75) is 26.2 Å². The number of carbonyl (C=O) groups excluding carboxylic acids is 2. The molecular formula is C17H27N5O3. The van der Waals surface area contributed by atoms with Crippen LogP contribution in [0.25, 0.3) is 0 Å². The third kappa shape index (κ3) is 4.38. The molecule has 1 aromatic heterocycles. The molecular weight excluding hydrogens is 322 g/mol. The zero-order chi connectivity index (χ0) is 17.8. The third-order valence-corrected chi connectivity index (χ3v) is 5.23. The van der Waals surface area contributed by atoms with Crippen LogP contribution in [0.5, 0.6) is 0 Å². The number of carbonyl (C=O) groups is 2. The van der Waals surface area contributed by atoms with Crippen LogP contribution in [0.3, 0.4) is 0 Å². The summed E-state index contributed by atoms with van der Waals surface area (Å²) in [5, 5.41) is 6.48. The smallest absolute Gasteiger partial charge is 0.239 e. The lowest BCUT2D eigenvalue weighted by Gasteiger charge is -2.36. The van der Waals surface area contributed by atoms with Crippen molar-refractivity contribution < 1.29 is 14.1 Å². The van der Waals surface area contributed by atoms with Gasteiger partial charge in [-0.3, -0.25) is 14.5 Å². The highest BCUT2D eigenvalue weighted by Gasteiger charge is 2.35. The number of nitrogens with two attached hydrogens (primary N) is 1. The van der Waals surface area contributed by atoms with Crippen molar-refractivity contribution in [3.05, 3.63) is 11.8 Å². The molecule has 3 N–H and O–H groups in total. The Labute approximate surface area is 147 Å². The van der Waals surface area contributed by atoms with Gasteiger partial charge in [-0.25, -0.2) is 0 Å². The number of piperazine rings is 1. The summed E-state index contributed by atoms with van der Waals surface area (Å²) in [5.74, 6) is 1.65. The SMILES string of the molecule is Cc1cc(NC(=O)CN2CCN(C(=O)[C@@H]3CCC[C@@H]3CN)CC2)no1. The first kappa shape index (κ1) is 17.9. The molecule has 0 spiro atoms. The summed E-state index contributed by atoms with van der Waals surface area (Å²) in [4.78, 5) is 28.8. The predicted octanol–water partition coefficient (Wildman–Crippen LogP) is 0.441. The van der Waals surface area contributed by atoms with E-state index in [1.807, 2.05) is 4.90 Å². The number of nitrogens with zero attached hydrogens (tertiary/aromatic N) is 3. The second kappa shape index (κ2) is 7.97. The maximum Gasteiger partial charge on any atom is 0.239 e. The van der Waals surface area contributed by atoms with E-state index in [2.05, 4.69) is 15.4 Å². The minimum atomic E-state index is -0.118. The van der Waals surface area contributed by atoms with E-state index in [0.717, 1.165) is 19.3 Å². The quantitative estimate of drug-likeness (QED) is 0.799. The van der Waals surface area contributed by atoms with Crippen LogP contribution in [0, 0.1) is 18.8 Å². The second-order valence-corrected chi connectivity index (χ2v) is 7.01. The van der Waals surface area contributed by atoms with Crippen LogP contribution in [0.15, 0.2) is 10.6 Å². The molecule has 8 nitrogen and oxygen atoms in total. The second-order valence-electron chi connectivity index (χ2n) is 7.01. The Balaban J connectivity index is 1.43. The molecule has 138 valence electrons. The van der Waals surface area contributed by atoms with Crippen molar-refractivity contribution in [2.24, 2.45) is 17.6 Å². The zero-order valence-corrected chi connectivity index (χ0v) is 14.7. The average Bonchev–Trinajstić information content (AvgIpc) is 3.23. The average molecular weight is 349 g/mol. The monoisotopic (exact) mass is 349 g/mol. The van der Waals surface area contributed by atoms with Crippen molar-refractivity contribution >= 4 is 17.6 Å². The van der Waals surface area contributed by atoms with E-state index in [1.165, 1.54) is 0 Å². The summed E-state index contributed by atoms with van der Waals surface area (Å²) in [6, 6.07) is 1.68. The van der Waals surface area contributed by atoms with Crippen molar-refractivity contribution in [1.82, 2.24) is 15.0 Å². The number of aryl methyl sites for hydroxylation is 1. The van der Waals surface area contributed by atoms with E-state index >= 15 is 0 Å². The first-order valence-corrected chi connectivity index (χ1v) is 9.01. The molecule has 1 saturated carbocycles. The first-order valence-electron chi connectivity index (χ1n) is 9.01. The van der Waals surface area contributed by atoms with Gasteiger partial charge in [-0.15, -0.1) is 0 Å². The van der Waals surface area contributed by atoms with E-state index in [-0.39, 0.29) is 17.7 Å². The fraction of sp³-hybridized carbons (Fsp3) is 0.706. The van der Waals surface area contributed by atoms with Gasteiger partial charge in [0, 0.05) is 38.2 Å². The van der Waals surface area contributed by atoms with Gasteiger partial charge in [0.2, 0.25) is 11.8 Å². The van der Waals surface area contributed by atoms with Gasteiger partial charge in [-0.2, -0.15) is 0 Å². The van der Waals surface area contributed by atoms with Crippen LogP contribution < -0.4 is 11.1 Å². The van der Waals surface area contributed by atoms with Gasteiger partial charge in [0.05, 0.1) is 6.54 Å². The van der Waals surface area contributed by atoms with Crippen molar-refractivity contribution in [1.29, 1.82) is 0 Å². The number of nitrogens with one attached hydrogen (secondary N) is 1. The van der Waals surface area contributed by atoms with E-state index in [0.29, 0.717) is 56.8 Å². The molecule has 2 heterocycles. The Morgan fingerprint density at radius 1 is 1.32 bits per heavy atom. The molecule has 0 unspecified atom stereocenters. The first-order chi connectivity index (χ1) is 12.1. The maximum absolute atomic E-state index is 12.7. The van der Waals surface area contributed by atoms with Crippen molar-refractivity contribution in [2.75, 3.05) is 44.6 Å². The van der Waals surface area contributed by atoms with Crippen LogP contribution in [-0.2, 0) is 9.59 Å². The van der Waals surface area contributed by atoms with Crippen molar-refractivity contribution in [3.8, 4) is 0 Å². The fourth-order valence-corrected chi connectivity index (χ4v) is 3.82. The zero-order valence-electron chi connectivity index (χ0n) is 14.7. The maximum atomic E-state index is 12.7. The molecule has 2 amide bonds. The molecule has 2 fully saturated rings. The summed E-state index contributed by atoms with van der Waals surface area (Å²) >= 11 is 0. The van der Waals surface area contributed by atoms with Gasteiger partial charge in [-0.05, 0) is 32.2 Å². The lowest BCUT2D eigenvalue weighted by molar-refractivity contribution is -0.138. The number of hydrogen-bond acceptors (Lipinski definition) is 6. The van der Waals surface area contributed by atoms with Gasteiger partial charge in [0.1, 0.15) is 5.76 Å². The van der Waals surface area contributed by atoms with Crippen LogP contribution in [0.1, 0.15) is 25.0 Å². The molecule has 0 bridgehead atoms. The summed E-state index contributed by atoms with van der Waals surface area (Å²) in [6.45, 7) is 5.42. The lowest BCUT2D eigenvalue weighted by atomic mass is 9.94. The summed E-state index contributed by atoms with van der Waals surface area (Å²) < 4.78 is 4.93. The molecule has 0 radical (unpaired) electrons. The molecule has 1 saturated heterocycles. The Kier molecular flexibility index (Phi) is 5.70. The molecule has 2 aliphatic rings. The number of hydrogen-bond donors (Lipinski definition) is 2. The largest absolute Gasteiger partial charge is 0.360 e. The van der Waals surface area contributed by atoms with E-state index < -0.39 is 0 Å². The van der Waals surface area contributed by atoms with Gasteiger partial charge >= 0.3 is 0 Å². The predicted molar refractivity (Wildman–Crippen MR) is 92.8 cm³/mol. The molecule has 1 aliphatic carbocycles. The minimum Gasteiger partial charge on any atom is -0.360 e. The molecule has 2 atom stereocenters. The van der Waals surface area contributed by atoms with E-state index in [1.54, 1.807) is 13.0 Å². The Hall–Kier alpha value is -1.93. The van der Waals surface area contributed by atoms with E-state index in [4.69, 9.17) is 10.3 Å². The molecule has 8 heteroatoms. The normalized spacial score (nSPS) is 24.5. The van der Waals surface area contributed by atoms with Gasteiger partial charge in [-0.1, -0.05) is 11.6 Å². The number of amides is 2. The van der Waals surface area contributed by atoms with Gasteiger partial charge < -0.3 is 20.5 Å². The topological polar surface area (TPSA) is 105 Å². The summed E-state index contributed by atoms with van der Waals surface area (Å²) in [6.07, 6.45) is 3.12. The fourth-order valence-electron chi connectivity index (χ4n) is 3.82. The number of rotatable bonds is 5. The molecule has 1 aliphatic heterocycles. The van der Waals surface area contributed by atoms with Crippen LogP contribution in [0.2, 0.25) is 0 Å². The summed E-state index contributed by atoms with van der Waals surface area (Å²) in [5.41, 5.74) is 5.80. The molecule has 1 aromatic rings. The molecule has 25 heavy (non-hydrogen) atoms. The number of aromatic nitrogens is 1. The van der Waals surface area contributed by atoms with Crippen molar-refractivity contribution in [3.63, 3.8) is 0 Å². The summed E-state index contributed by atoms with van der Waals surface area (Å²) in [7, 11) is 0. The Bertz CT molecular complexity index is 609. The lowest BCUT2D eigenvalue weighted by Crippen LogP contribution is -2.52. The minimum absolute atomic E-state index is 0.0928. The van der Waals surface area contributed by atoms with Crippen LogP contribution in [0.4, 0.5) is 5.82 Å². The van der Waals surface area contributed by atoms with Gasteiger partial charge in [0.25, 0.3) is 0 Å². The molecule has 0 aromatic carbocycles. The highest BCUT2D eigenvalue weighted by molar-refractivity contribution is 5.91. The standard InChI is InChI=1S/C17H27N5O3/c1-12-9-15(20-25-12)19-16(23)11-21-5-7-22(8-6-21)17(24)14-4-2-3-13(14)10-18/h9,13-14H,2-8,10-11,18H2,1H3,(H,19,20,23)/t13-,14-/m1/s1. The van der Waals surface area contributed by atoms with Gasteiger partial charge in [0.15, 0.2) is 5.82 Å². The van der Waals surface area contributed by atoms with E-state index in [9.17, 15) is 9.59 Å². The van der Waals surface area contributed by atoms with Crippen LogP contribution in [-0.4, -0.2) is 66.0 Å². The number of anilines is 1. The highest BCUT2D eigenvalue weighted by atomic mass is 16.5. The molecule has 3 rings (SSSR count). The highest BCUT2D eigenvalue weighted by Crippen LogP contribution is 2.32.